The third kappa shape index (κ3) is 4.57. The first-order valence-corrected chi connectivity index (χ1v) is 4.24. The van der Waals surface area contributed by atoms with Crippen LogP contribution in [0.15, 0.2) is 0 Å². The van der Waals surface area contributed by atoms with Gasteiger partial charge < -0.3 is 0 Å². The summed E-state index contributed by atoms with van der Waals surface area (Å²) in [4.78, 5) is 0. The number of thioether (sulfide) groups is 1. The first kappa shape index (κ1) is 8.41. The first-order valence-electron chi connectivity index (χ1n) is 2.95. The van der Waals surface area contributed by atoms with E-state index < -0.39 is 0 Å². The van der Waals surface area contributed by atoms with Crippen LogP contribution in [0.1, 0.15) is 20.3 Å². The lowest BCUT2D eigenvalue weighted by atomic mass is 9.95. The minimum Gasteiger partial charge on any atom is -0.172 e. The molecular formula is C6H13BS. The van der Waals surface area contributed by atoms with Crippen molar-refractivity contribution in [1.29, 1.82) is 0 Å². The summed E-state index contributed by atoms with van der Waals surface area (Å²) in [7, 11) is 5.64. The molecule has 0 heterocycles. The Kier molecular flexibility index (Phi) is 4.53. The van der Waals surface area contributed by atoms with Crippen molar-refractivity contribution < 1.29 is 0 Å². The molecule has 46 valence electrons. The van der Waals surface area contributed by atoms with Gasteiger partial charge in [-0.1, -0.05) is 13.8 Å². The van der Waals surface area contributed by atoms with Gasteiger partial charge >= 0.3 is 0 Å². The lowest BCUT2D eigenvalue weighted by molar-refractivity contribution is 0.617. The maximum atomic E-state index is 5.64. The molecule has 0 nitrogen and oxygen atoms in total. The second-order valence-corrected chi connectivity index (χ2v) is 3.48. The maximum Gasteiger partial charge on any atom is 0.0846 e. The molecule has 8 heavy (non-hydrogen) atoms. The number of hydrogen-bond donors (Lipinski definition) is 0. The van der Waals surface area contributed by atoms with Crippen molar-refractivity contribution in [2.45, 2.75) is 25.4 Å². The third-order valence-electron chi connectivity index (χ3n) is 1.01. The van der Waals surface area contributed by atoms with Gasteiger partial charge in [0, 0.05) is 0 Å². The number of rotatable bonds is 3. The summed E-state index contributed by atoms with van der Waals surface area (Å²) in [5.41, 5.74) is 0. The van der Waals surface area contributed by atoms with E-state index in [2.05, 4.69) is 13.8 Å². The summed E-state index contributed by atoms with van der Waals surface area (Å²) in [6.45, 7) is 4.38. The van der Waals surface area contributed by atoms with E-state index in [0.29, 0.717) is 5.15 Å². The van der Waals surface area contributed by atoms with Crippen LogP contribution in [-0.4, -0.2) is 19.3 Å². The molecule has 1 unspecified atom stereocenters. The van der Waals surface area contributed by atoms with Crippen LogP contribution in [0, 0.1) is 5.92 Å². The molecule has 0 bridgehead atoms. The van der Waals surface area contributed by atoms with Crippen molar-refractivity contribution in [3.8, 4) is 0 Å². The first-order chi connectivity index (χ1) is 3.66. The van der Waals surface area contributed by atoms with Crippen LogP contribution >= 0.6 is 11.8 Å². The minimum atomic E-state index is 0.343. The predicted octanol–water partition coefficient (Wildman–Crippen LogP) is 1.89. The van der Waals surface area contributed by atoms with E-state index in [1.807, 2.05) is 6.26 Å². The van der Waals surface area contributed by atoms with Gasteiger partial charge in [-0.15, -0.1) is 0 Å². The van der Waals surface area contributed by atoms with Crippen LogP contribution in [0.5, 0.6) is 0 Å². The molecule has 2 heteroatoms. The molecule has 0 aromatic carbocycles. The molecule has 0 amide bonds. The smallest absolute Gasteiger partial charge is 0.0846 e. The van der Waals surface area contributed by atoms with Gasteiger partial charge in [-0.25, -0.2) is 0 Å². The normalized spacial score (nSPS) is 14.5. The zero-order valence-corrected chi connectivity index (χ0v) is 6.66. The summed E-state index contributed by atoms with van der Waals surface area (Å²) >= 11 is 1.73. The topological polar surface area (TPSA) is 0 Å². The van der Waals surface area contributed by atoms with Crippen molar-refractivity contribution in [3.63, 3.8) is 0 Å². The van der Waals surface area contributed by atoms with E-state index in [0.717, 1.165) is 12.3 Å². The zero-order valence-electron chi connectivity index (χ0n) is 5.85. The van der Waals surface area contributed by atoms with E-state index in [1.165, 1.54) is 0 Å². The van der Waals surface area contributed by atoms with E-state index in [1.54, 1.807) is 11.8 Å². The average Bonchev–Trinajstić information content (AvgIpc) is 1.65. The van der Waals surface area contributed by atoms with Crippen LogP contribution in [0.2, 0.25) is 0 Å². The Hall–Kier alpha value is 0.415. The van der Waals surface area contributed by atoms with Crippen molar-refractivity contribution in [2.24, 2.45) is 5.92 Å². The highest BCUT2D eigenvalue weighted by Crippen LogP contribution is 2.12. The minimum absolute atomic E-state index is 0.343. The lowest BCUT2D eigenvalue weighted by Gasteiger charge is -2.09. The van der Waals surface area contributed by atoms with Gasteiger partial charge in [0.15, 0.2) is 0 Å². The van der Waals surface area contributed by atoms with E-state index in [4.69, 9.17) is 7.85 Å². The zero-order chi connectivity index (χ0) is 6.57. The van der Waals surface area contributed by atoms with Crippen molar-refractivity contribution >= 4 is 19.6 Å². The summed E-state index contributed by atoms with van der Waals surface area (Å²) in [6, 6.07) is 0. The van der Waals surface area contributed by atoms with E-state index >= 15 is 0 Å². The third-order valence-corrected chi connectivity index (χ3v) is 1.80. The van der Waals surface area contributed by atoms with Crippen molar-refractivity contribution in [2.75, 3.05) is 6.26 Å². The van der Waals surface area contributed by atoms with Crippen LogP contribution < -0.4 is 0 Å². The summed E-state index contributed by atoms with van der Waals surface area (Å²) < 4.78 is 0. The Labute approximate surface area is 57.8 Å². The molecule has 0 N–H and O–H groups in total. The highest BCUT2D eigenvalue weighted by atomic mass is 32.2. The molecule has 0 spiro atoms. The van der Waals surface area contributed by atoms with Crippen molar-refractivity contribution in [1.82, 2.24) is 0 Å². The van der Waals surface area contributed by atoms with Crippen LogP contribution in [0.3, 0.4) is 0 Å². The fourth-order valence-corrected chi connectivity index (χ4v) is 1.14. The second kappa shape index (κ2) is 4.31. The SMILES string of the molecule is [B]C(CC(C)C)SC. The van der Waals surface area contributed by atoms with Crippen LogP contribution in [0.4, 0.5) is 0 Å². The molecule has 0 rings (SSSR count). The van der Waals surface area contributed by atoms with Gasteiger partial charge in [0.1, 0.15) is 0 Å². The molecule has 0 aliphatic rings. The Bertz CT molecular complexity index is 54.5. The molecule has 0 fully saturated rings. The van der Waals surface area contributed by atoms with Gasteiger partial charge in [-0.3, -0.25) is 0 Å². The van der Waals surface area contributed by atoms with E-state index in [-0.39, 0.29) is 0 Å². The van der Waals surface area contributed by atoms with Gasteiger partial charge in [0.2, 0.25) is 0 Å². The highest BCUT2D eigenvalue weighted by molar-refractivity contribution is 8.00. The van der Waals surface area contributed by atoms with E-state index in [9.17, 15) is 0 Å². The molecule has 2 radical (unpaired) electrons. The fraction of sp³-hybridized carbons (Fsp3) is 1.00. The van der Waals surface area contributed by atoms with Crippen molar-refractivity contribution in [3.05, 3.63) is 0 Å². The quantitative estimate of drug-likeness (QED) is 0.523. The summed E-state index contributed by atoms with van der Waals surface area (Å²) in [5, 5.41) is 0.343. The van der Waals surface area contributed by atoms with Gasteiger partial charge in [0.05, 0.1) is 7.85 Å². The largest absolute Gasteiger partial charge is 0.172 e. The Morgan fingerprint density at radius 1 is 1.50 bits per heavy atom. The van der Waals surface area contributed by atoms with Gasteiger partial charge in [-0.05, 0) is 23.7 Å². The van der Waals surface area contributed by atoms with Crippen LogP contribution in [0.25, 0.3) is 0 Å². The molecule has 0 saturated carbocycles. The molecule has 0 aliphatic heterocycles. The molecule has 1 atom stereocenters. The lowest BCUT2D eigenvalue weighted by Crippen LogP contribution is -2.04. The molecule has 0 aromatic heterocycles. The molecule has 0 aromatic rings. The van der Waals surface area contributed by atoms with Gasteiger partial charge in [-0.2, -0.15) is 11.8 Å². The molecular weight excluding hydrogens is 115 g/mol. The maximum absolute atomic E-state index is 5.64. The monoisotopic (exact) mass is 128 g/mol. The Morgan fingerprint density at radius 2 is 2.00 bits per heavy atom. The standard InChI is InChI=1S/C6H13BS/c1-5(2)4-6(7)8-3/h5-6H,4H2,1-3H3. The molecule has 0 aliphatic carbocycles. The average molecular weight is 128 g/mol. The Morgan fingerprint density at radius 3 is 2.12 bits per heavy atom. The Balaban J connectivity index is 3.10. The van der Waals surface area contributed by atoms with Gasteiger partial charge in [0.25, 0.3) is 0 Å². The summed E-state index contributed by atoms with van der Waals surface area (Å²) in [5.74, 6) is 0.734. The summed E-state index contributed by atoms with van der Waals surface area (Å²) in [6.07, 6.45) is 3.17. The predicted molar refractivity (Wildman–Crippen MR) is 42.5 cm³/mol. The second-order valence-electron chi connectivity index (χ2n) is 2.40. The molecule has 0 saturated heterocycles. The fourth-order valence-electron chi connectivity index (χ4n) is 0.561. The highest BCUT2D eigenvalue weighted by Gasteiger charge is 2.00. The van der Waals surface area contributed by atoms with Crippen LogP contribution in [-0.2, 0) is 0 Å². The number of hydrogen-bond acceptors (Lipinski definition) is 1.